The van der Waals surface area contributed by atoms with E-state index in [2.05, 4.69) is 155 Å². The molecule has 0 amide bonds. The molecule has 22 rings (SSSR count). The Kier molecular flexibility index (Phi) is 31.8. The van der Waals surface area contributed by atoms with Gasteiger partial charge in [-0.1, -0.05) is 168 Å². The van der Waals surface area contributed by atoms with Gasteiger partial charge in [0.05, 0.1) is 76.4 Å². The van der Waals surface area contributed by atoms with E-state index in [1.165, 1.54) is 139 Å². The Morgan fingerprint density at radius 3 is 0.992 bits per heavy atom. The molecular formula is C96H101Cl6N7O7S7. The maximum Gasteiger partial charge on any atom is 0.104 e. The van der Waals surface area contributed by atoms with E-state index in [-0.39, 0.29) is 42.7 Å². The number of rotatable bonds is 14. The summed E-state index contributed by atoms with van der Waals surface area (Å²) in [6, 6.07) is 55.1. The predicted octanol–water partition coefficient (Wildman–Crippen LogP) is 24.6. The van der Waals surface area contributed by atoms with Crippen molar-refractivity contribution in [2.45, 2.75) is 94.6 Å². The van der Waals surface area contributed by atoms with Crippen molar-refractivity contribution < 1.29 is 33.2 Å². The Morgan fingerprint density at radius 1 is 0.293 bits per heavy atom. The van der Waals surface area contributed by atoms with E-state index in [0.717, 1.165) is 139 Å². The van der Waals surface area contributed by atoms with Crippen molar-refractivity contribution in [2.24, 2.45) is 11.5 Å². The Bertz CT molecular complexity index is 6150. The maximum absolute atomic E-state index is 6.35. The number of fused-ring (bicyclic) bond motifs is 21. The van der Waals surface area contributed by atoms with Crippen LogP contribution in [0.3, 0.4) is 0 Å². The summed E-state index contributed by atoms with van der Waals surface area (Å²) in [5.74, 6) is 0. The zero-order valence-electron chi connectivity index (χ0n) is 69.2. The summed E-state index contributed by atoms with van der Waals surface area (Å²) < 4.78 is 49.7. The molecule has 14 nitrogen and oxygen atoms in total. The number of hydrogen-bond donors (Lipinski definition) is 7. The summed E-state index contributed by atoms with van der Waals surface area (Å²) in [6.45, 7) is 14.1. The van der Waals surface area contributed by atoms with Crippen LogP contribution in [0, 0.1) is 0 Å². The molecule has 7 atom stereocenters. The van der Waals surface area contributed by atoms with Gasteiger partial charge in [-0.25, -0.2) is 0 Å². The summed E-state index contributed by atoms with van der Waals surface area (Å²) in [5.41, 5.74) is 23.9. The van der Waals surface area contributed by atoms with Crippen LogP contribution in [0.15, 0.2) is 158 Å². The number of nitrogens with one attached hydrogen (secondary N) is 5. The topological polar surface area (TPSA) is 177 Å². The Morgan fingerprint density at radius 2 is 0.593 bits per heavy atom. The zero-order chi connectivity index (χ0) is 85.2. The highest BCUT2D eigenvalue weighted by Crippen LogP contribution is 2.50. The third-order valence-corrected chi connectivity index (χ3v) is 34.5. The quantitative estimate of drug-likeness (QED) is 0.0547. The summed E-state index contributed by atoms with van der Waals surface area (Å²) in [5, 5.41) is 29.1. The molecule has 0 saturated carbocycles. The van der Waals surface area contributed by atoms with Crippen molar-refractivity contribution in [3.05, 3.63) is 261 Å². The average Bonchev–Trinajstić information content (AvgIpc) is 1.61. The van der Waals surface area contributed by atoms with Crippen LogP contribution in [0.2, 0.25) is 30.1 Å². The minimum atomic E-state index is 0.00555. The lowest BCUT2D eigenvalue weighted by molar-refractivity contribution is 0.0462. The Hall–Kier alpha value is -5.34. The first-order valence-electron chi connectivity index (χ1n) is 42.0. The second kappa shape index (κ2) is 42.9. The highest BCUT2D eigenvalue weighted by atomic mass is 35.5. The molecular weight excluding hydrogens is 1800 g/mol. The van der Waals surface area contributed by atoms with Gasteiger partial charge in [0.15, 0.2) is 0 Å². The van der Waals surface area contributed by atoms with Crippen LogP contribution in [0.4, 0.5) is 0 Å². The fourth-order valence-corrected chi connectivity index (χ4v) is 27.8. The number of halogens is 6. The van der Waals surface area contributed by atoms with Crippen molar-refractivity contribution >= 4 is 220 Å². The van der Waals surface area contributed by atoms with E-state index >= 15 is 0 Å². The summed E-state index contributed by atoms with van der Waals surface area (Å²) in [4.78, 5) is 9.39. The molecule has 7 aromatic heterocycles. The van der Waals surface area contributed by atoms with E-state index in [0.29, 0.717) is 49.8 Å². The lowest BCUT2D eigenvalue weighted by atomic mass is 9.99. The van der Waals surface area contributed by atoms with Crippen LogP contribution < -0.4 is 38.1 Å². The van der Waals surface area contributed by atoms with Crippen molar-refractivity contribution in [2.75, 3.05) is 127 Å². The fraction of sp³-hybridized carbons (Fsp3) is 0.354. The van der Waals surface area contributed by atoms with Crippen LogP contribution in [-0.2, 0) is 78.1 Å². The van der Waals surface area contributed by atoms with E-state index in [1.54, 1.807) is 34.0 Å². The first-order chi connectivity index (χ1) is 60.2. The SMILES string of the molecule is CCNCC1OCCc2c1sc1ccccc21.CNCC1OCCc2c1sc1cc(Cl)c(Cl)cc21.CNCC1OCCc2c1sc1ccc(-c3ccccc3)cc21.CNCC1OCCc2c1sc1ccc(Cl)c(Cl)c21.CNCC1OCCc2c1sc1ccccc21.NCC1OCCc2c1sc1ccc(Cl)c(Cl)c21.NCC1OCCc2c1sc1ccccc21. The largest absolute Gasteiger partial charge is 0.371 e. The third-order valence-electron chi connectivity index (χ3n) is 23.0. The normalized spacial score (nSPS) is 19.2. The van der Waals surface area contributed by atoms with Gasteiger partial charge in [0, 0.05) is 124 Å². The molecule has 14 heterocycles. The van der Waals surface area contributed by atoms with Gasteiger partial charge in [0.25, 0.3) is 0 Å². The van der Waals surface area contributed by atoms with Crippen LogP contribution >= 0.6 is 149 Å². The van der Waals surface area contributed by atoms with E-state index in [1.807, 2.05) is 110 Å². The van der Waals surface area contributed by atoms with Crippen LogP contribution in [0.25, 0.3) is 81.7 Å². The van der Waals surface area contributed by atoms with E-state index < -0.39 is 0 Å². The molecule has 9 N–H and O–H groups in total. The first-order valence-corrected chi connectivity index (χ1v) is 50.0. The number of thiophene rings is 7. The van der Waals surface area contributed by atoms with E-state index in [9.17, 15) is 0 Å². The standard InChI is InChI=1S/C19H19NOS.C14H17NOS.2C13H13Cl2NOS.C13H15NOS.C12H11Cl2NOS.C12H13NOS/c1-20-12-17-19-15(9-10-21-17)16-11-14(7-8-18(16)22-19)13-5-3-2-4-6-13;1-2-15-9-12-14-11(7-8-16-12)10-5-3-4-6-13(10)17-14;1-16-6-11-13-7(2-3-17-11)8-4-9(14)10(15)5-12(8)18-13;1-16-6-9-13-7(4-5-17-9)11-10(18-13)3-2-8(14)12(11)15;1-14-8-11-13-10(6-7-15-11)9-4-2-3-5-12(9)16-13;13-7-1-2-9-10(11(7)14)6-3-4-16-8(5-15)12(6)17-9;13-7-10-12-9(5-6-14-10)8-3-1-2-4-11(8)15-12/h2-8,11,17,20H,9-10,12H2,1H3;3-6,12,15H,2,7-9H2,1H3;4-5,11,16H,2-3,6H2,1H3;2-3,9,16H,4-6H2,1H3;2-5,11,14H,6-8H2,1H3;1-2,8H,3-5,15H2;1-4,10H,5-7,13H2. The van der Waals surface area contributed by atoms with Gasteiger partial charge >= 0.3 is 0 Å². The van der Waals surface area contributed by atoms with Gasteiger partial charge in [0.2, 0.25) is 0 Å². The zero-order valence-corrected chi connectivity index (χ0v) is 79.5. The molecule has 0 saturated heterocycles. The van der Waals surface area contributed by atoms with Crippen LogP contribution in [0.5, 0.6) is 0 Å². The summed E-state index contributed by atoms with van der Waals surface area (Å²) in [7, 11) is 7.84. The monoisotopic (exact) mass is 1900 g/mol. The number of benzene rings is 8. The molecule has 0 fully saturated rings. The molecule has 646 valence electrons. The molecule has 0 aliphatic carbocycles. The molecule has 7 aliphatic heterocycles. The van der Waals surface area contributed by atoms with Crippen molar-refractivity contribution in [1.82, 2.24) is 26.6 Å². The van der Waals surface area contributed by atoms with Crippen molar-refractivity contribution in [1.29, 1.82) is 0 Å². The smallest absolute Gasteiger partial charge is 0.104 e. The van der Waals surface area contributed by atoms with Gasteiger partial charge in [-0.05, 0) is 223 Å². The second-order valence-electron chi connectivity index (χ2n) is 30.7. The molecule has 7 unspecified atom stereocenters. The minimum absolute atomic E-state index is 0.00555. The van der Waals surface area contributed by atoms with Gasteiger partial charge < -0.3 is 71.2 Å². The molecule has 123 heavy (non-hydrogen) atoms. The Labute approximate surface area is 777 Å². The van der Waals surface area contributed by atoms with Gasteiger partial charge in [-0.3, -0.25) is 0 Å². The molecule has 0 spiro atoms. The summed E-state index contributed by atoms with van der Waals surface area (Å²) >= 11 is 49.7. The van der Waals surface area contributed by atoms with Crippen LogP contribution in [0.1, 0.15) is 123 Å². The summed E-state index contributed by atoms with van der Waals surface area (Å²) in [6.07, 6.45) is 7.99. The molecule has 0 radical (unpaired) electrons. The van der Waals surface area contributed by atoms with Crippen molar-refractivity contribution in [3.63, 3.8) is 0 Å². The first kappa shape index (κ1) is 91.0. The van der Waals surface area contributed by atoms with E-state index in [4.69, 9.17) is 114 Å². The molecule has 8 aromatic carbocycles. The Balaban J connectivity index is 0.000000107. The lowest BCUT2D eigenvalue weighted by Crippen LogP contribution is -2.26. The minimum Gasteiger partial charge on any atom is -0.371 e. The fourth-order valence-electron chi connectivity index (χ4n) is 17.3. The van der Waals surface area contributed by atoms with Gasteiger partial charge in [0.1, 0.15) is 42.7 Å². The molecule has 0 bridgehead atoms. The number of ether oxygens (including phenoxy) is 7. The number of likely N-dealkylation sites (N-methyl/N-ethyl adjacent to an activating group) is 5. The maximum atomic E-state index is 6.35. The lowest BCUT2D eigenvalue weighted by Gasteiger charge is -2.23. The van der Waals surface area contributed by atoms with Crippen molar-refractivity contribution in [3.8, 4) is 11.1 Å². The highest BCUT2D eigenvalue weighted by Gasteiger charge is 2.33. The van der Waals surface area contributed by atoms with Gasteiger partial charge in [-0.2, -0.15) is 0 Å². The highest BCUT2D eigenvalue weighted by molar-refractivity contribution is 7.21. The third kappa shape index (κ3) is 20.0. The second-order valence-corrected chi connectivity index (χ2v) is 40.7. The van der Waals surface area contributed by atoms with Crippen LogP contribution in [-0.4, -0.2) is 127 Å². The average molecular weight is 1900 g/mol. The number of hydrogen-bond acceptors (Lipinski definition) is 21. The van der Waals surface area contributed by atoms with Gasteiger partial charge in [-0.15, -0.1) is 79.4 Å². The number of nitrogens with two attached hydrogens (primary N) is 2. The molecule has 7 aliphatic rings. The molecule has 27 heteroatoms. The molecule has 15 aromatic rings. The predicted molar refractivity (Wildman–Crippen MR) is 527 cm³/mol.